The molecule has 3 aromatic carbocycles. The van der Waals surface area contributed by atoms with Crippen LogP contribution in [0.15, 0.2) is 71.6 Å². The van der Waals surface area contributed by atoms with E-state index in [1.807, 2.05) is 44.2 Å². The van der Waals surface area contributed by atoms with Gasteiger partial charge in [-0.1, -0.05) is 51.1 Å². The number of nitrogens with one attached hydrogen (secondary N) is 1. The van der Waals surface area contributed by atoms with E-state index in [9.17, 15) is 13.2 Å². The summed E-state index contributed by atoms with van der Waals surface area (Å²) in [5.74, 6) is -0.0407. The predicted molar refractivity (Wildman–Crippen MR) is 135 cm³/mol. The normalized spacial score (nSPS) is 15.9. The summed E-state index contributed by atoms with van der Waals surface area (Å²) in [6.07, 6.45) is -1.01. The Labute approximate surface area is 201 Å². The standard InChI is InChI=1S/C27H30N2O4S/c1-18-11-13-21(15-19(18)2)28-26(30)25-17-29(34(31,32)22-9-7-6-8-10-22)23-16-20(27(3,4)5)12-14-24(23)33-25/h6-16,25H,17H2,1-5H3,(H,28,30). The smallest absolute Gasteiger partial charge is 0.267 e. The van der Waals surface area contributed by atoms with Crippen LogP contribution in [-0.2, 0) is 20.2 Å². The van der Waals surface area contributed by atoms with Gasteiger partial charge in [-0.05, 0) is 72.4 Å². The van der Waals surface area contributed by atoms with Crippen LogP contribution in [0.4, 0.5) is 11.4 Å². The van der Waals surface area contributed by atoms with E-state index >= 15 is 0 Å². The minimum Gasteiger partial charge on any atom is -0.476 e. The third kappa shape index (κ3) is 4.66. The molecule has 1 atom stereocenters. The zero-order valence-corrected chi connectivity index (χ0v) is 20.9. The molecular weight excluding hydrogens is 448 g/mol. The van der Waals surface area contributed by atoms with Crippen LogP contribution in [-0.4, -0.2) is 27.0 Å². The molecule has 4 rings (SSSR count). The molecule has 0 bridgehead atoms. The molecule has 0 aromatic heterocycles. The summed E-state index contributed by atoms with van der Waals surface area (Å²) in [5, 5.41) is 2.87. The first kappa shape index (κ1) is 23.8. The van der Waals surface area contributed by atoms with E-state index in [0.717, 1.165) is 16.7 Å². The van der Waals surface area contributed by atoms with Gasteiger partial charge in [0.1, 0.15) is 5.75 Å². The Morgan fingerprint density at radius 2 is 1.68 bits per heavy atom. The molecule has 1 amide bonds. The molecule has 0 spiro atoms. The molecule has 3 aromatic rings. The van der Waals surface area contributed by atoms with Crippen molar-refractivity contribution < 1.29 is 17.9 Å². The number of hydrogen-bond acceptors (Lipinski definition) is 4. The number of aryl methyl sites for hydroxylation is 2. The highest BCUT2D eigenvalue weighted by atomic mass is 32.2. The number of fused-ring (bicyclic) bond motifs is 1. The van der Waals surface area contributed by atoms with Gasteiger partial charge in [-0.25, -0.2) is 8.42 Å². The second kappa shape index (κ2) is 8.80. The quantitative estimate of drug-likeness (QED) is 0.560. The molecular formula is C27H30N2O4S. The average Bonchev–Trinajstić information content (AvgIpc) is 2.80. The van der Waals surface area contributed by atoms with Crippen molar-refractivity contribution in [3.63, 3.8) is 0 Å². The van der Waals surface area contributed by atoms with E-state index in [4.69, 9.17) is 4.74 Å². The molecule has 1 unspecified atom stereocenters. The van der Waals surface area contributed by atoms with E-state index in [1.54, 1.807) is 36.4 Å². The van der Waals surface area contributed by atoms with Gasteiger partial charge in [0.05, 0.1) is 17.1 Å². The summed E-state index contributed by atoms with van der Waals surface area (Å²) in [5.41, 5.74) is 4.04. The fraction of sp³-hybridized carbons (Fsp3) is 0.296. The molecule has 1 N–H and O–H groups in total. The van der Waals surface area contributed by atoms with E-state index in [-0.39, 0.29) is 16.9 Å². The molecule has 0 fully saturated rings. The second-order valence-corrected chi connectivity index (χ2v) is 11.5. The van der Waals surface area contributed by atoms with E-state index < -0.39 is 22.0 Å². The van der Waals surface area contributed by atoms with Crippen molar-refractivity contribution in [3.8, 4) is 5.75 Å². The summed E-state index contributed by atoms with van der Waals surface area (Å²) in [6.45, 7) is 10.0. The number of nitrogens with zero attached hydrogens (tertiary/aromatic N) is 1. The molecule has 6 nitrogen and oxygen atoms in total. The minimum atomic E-state index is -3.92. The topological polar surface area (TPSA) is 75.7 Å². The first-order chi connectivity index (χ1) is 16.0. The molecule has 0 saturated carbocycles. The van der Waals surface area contributed by atoms with Crippen LogP contribution in [0.1, 0.15) is 37.5 Å². The van der Waals surface area contributed by atoms with Gasteiger partial charge >= 0.3 is 0 Å². The molecule has 7 heteroatoms. The molecule has 0 aliphatic carbocycles. The number of carbonyl (C=O) groups excluding carboxylic acids is 1. The number of anilines is 2. The maximum atomic E-state index is 13.7. The van der Waals surface area contributed by atoms with Gasteiger partial charge in [0.15, 0.2) is 6.10 Å². The number of hydrogen-bond donors (Lipinski definition) is 1. The number of amides is 1. The monoisotopic (exact) mass is 478 g/mol. The van der Waals surface area contributed by atoms with Crippen LogP contribution in [0.25, 0.3) is 0 Å². The number of rotatable bonds is 4. The Balaban J connectivity index is 1.73. The van der Waals surface area contributed by atoms with Gasteiger partial charge in [-0.2, -0.15) is 0 Å². The zero-order valence-electron chi connectivity index (χ0n) is 20.1. The number of carbonyl (C=O) groups is 1. The summed E-state index contributed by atoms with van der Waals surface area (Å²) < 4.78 is 34.6. The molecule has 178 valence electrons. The van der Waals surface area contributed by atoms with Gasteiger partial charge in [0.2, 0.25) is 0 Å². The molecule has 34 heavy (non-hydrogen) atoms. The van der Waals surface area contributed by atoms with E-state index in [2.05, 4.69) is 26.1 Å². The maximum absolute atomic E-state index is 13.7. The van der Waals surface area contributed by atoms with Crippen molar-refractivity contribution in [2.45, 2.75) is 51.0 Å². The second-order valence-electron chi connectivity index (χ2n) is 9.68. The third-order valence-corrected chi connectivity index (χ3v) is 7.89. The number of sulfonamides is 1. The third-order valence-electron chi connectivity index (χ3n) is 6.09. The highest BCUT2D eigenvalue weighted by Gasteiger charge is 2.38. The van der Waals surface area contributed by atoms with E-state index in [1.165, 1.54) is 4.31 Å². The fourth-order valence-electron chi connectivity index (χ4n) is 3.84. The lowest BCUT2D eigenvalue weighted by molar-refractivity contribution is -0.122. The highest BCUT2D eigenvalue weighted by molar-refractivity contribution is 7.92. The first-order valence-corrected chi connectivity index (χ1v) is 12.7. The van der Waals surface area contributed by atoms with Crippen LogP contribution in [0.5, 0.6) is 5.75 Å². The summed E-state index contributed by atoms with van der Waals surface area (Å²) in [6, 6.07) is 19.4. The van der Waals surface area contributed by atoms with Crippen molar-refractivity contribution in [2.24, 2.45) is 0 Å². The van der Waals surface area contributed by atoms with Crippen molar-refractivity contribution in [3.05, 3.63) is 83.4 Å². The Bertz CT molecular complexity index is 1330. The van der Waals surface area contributed by atoms with Crippen LogP contribution in [0, 0.1) is 13.8 Å². The van der Waals surface area contributed by atoms with Crippen molar-refractivity contribution >= 4 is 27.3 Å². The first-order valence-electron chi connectivity index (χ1n) is 11.2. The van der Waals surface area contributed by atoms with Crippen molar-refractivity contribution in [1.29, 1.82) is 0 Å². The van der Waals surface area contributed by atoms with E-state index in [0.29, 0.717) is 17.1 Å². The average molecular weight is 479 g/mol. The summed E-state index contributed by atoms with van der Waals surface area (Å²) in [7, 11) is -3.92. The molecule has 0 radical (unpaired) electrons. The number of ether oxygens (including phenoxy) is 1. The van der Waals surface area contributed by atoms with Crippen LogP contribution < -0.4 is 14.4 Å². The van der Waals surface area contributed by atoms with Crippen LogP contribution in [0.2, 0.25) is 0 Å². The number of benzene rings is 3. The molecule has 1 aliphatic rings. The SMILES string of the molecule is Cc1ccc(NC(=O)C2CN(S(=O)(=O)c3ccccc3)c3cc(C(C)(C)C)ccc3O2)cc1C. The van der Waals surface area contributed by atoms with Gasteiger partial charge in [0.25, 0.3) is 15.9 Å². The summed E-state index contributed by atoms with van der Waals surface area (Å²) in [4.78, 5) is 13.3. The molecule has 0 saturated heterocycles. The van der Waals surface area contributed by atoms with Crippen LogP contribution in [0.3, 0.4) is 0 Å². The van der Waals surface area contributed by atoms with Gasteiger partial charge in [0, 0.05) is 5.69 Å². The zero-order chi connectivity index (χ0) is 24.7. The van der Waals surface area contributed by atoms with Gasteiger partial charge in [-0.15, -0.1) is 0 Å². The highest BCUT2D eigenvalue weighted by Crippen LogP contribution is 2.40. The maximum Gasteiger partial charge on any atom is 0.267 e. The molecule has 1 heterocycles. The Kier molecular flexibility index (Phi) is 6.16. The summed E-state index contributed by atoms with van der Waals surface area (Å²) >= 11 is 0. The predicted octanol–water partition coefficient (Wildman–Crippen LogP) is 5.20. The Morgan fingerprint density at radius 3 is 2.32 bits per heavy atom. The van der Waals surface area contributed by atoms with Crippen molar-refractivity contribution in [2.75, 3.05) is 16.2 Å². The minimum absolute atomic E-state index is 0.130. The fourth-order valence-corrected chi connectivity index (χ4v) is 5.33. The largest absolute Gasteiger partial charge is 0.476 e. The lowest BCUT2D eigenvalue weighted by Gasteiger charge is -2.36. The van der Waals surface area contributed by atoms with Gasteiger partial charge in [-0.3, -0.25) is 9.10 Å². The van der Waals surface area contributed by atoms with Crippen LogP contribution >= 0.6 is 0 Å². The lowest BCUT2D eigenvalue weighted by Crippen LogP contribution is -2.49. The Hall–Kier alpha value is -3.32. The van der Waals surface area contributed by atoms with Gasteiger partial charge < -0.3 is 10.1 Å². The molecule has 1 aliphatic heterocycles. The van der Waals surface area contributed by atoms with Crippen molar-refractivity contribution in [1.82, 2.24) is 0 Å². The lowest BCUT2D eigenvalue weighted by atomic mass is 9.86. The Morgan fingerprint density at radius 1 is 0.971 bits per heavy atom.